The van der Waals surface area contributed by atoms with Gasteiger partial charge in [0.1, 0.15) is 26.4 Å². The van der Waals surface area contributed by atoms with Crippen LogP contribution in [0, 0.1) is 0 Å². The van der Waals surface area contributed by atoms with Crippen molar-refractivity contribution in [2.24, 2.45) is 0 Å². The molecule has 0 saturated carbocycles. The average Bonchev–Trinajstić information content (AvgIpc) is 2.78. The summed E-state index contributed by atoms with van der Waals surface area (Å²) in [6.07, 6.45) is 0. The maximum absolute atomic E-state index is 11.2. The molecule has 0 N–H and O–H groups in total. The van der Waals surface area contributed by atoms with E-state index in [0.717, 1.165) is 52.4 Å². The smallest absolute Gasteiger partial charge is 0.302 e. The molecule has 36 heavy (non-hydrogen) atoms. The van der Waals surface area contributed by atoms with Gasteiger partial charge in [-0.15, -0.1) is 0 Å². The second-order valence-electron chi connectivity index (χ2n) is 8.73. The molecule has 0 spiro atoms. The first-order chi connectivity index (χ1) is 17.2. The Labute approximate surface area is 214 Å². The standard InChI is InChI=1S/C24H44N4O8/c1-21(29)33-17-13-25-5-7-26(14-18-34-22(2)30)9-11-28(16-20-36-24(4)32)12-10-27(8-6-25)15-19-35-23(3)31/h5-20H2,1-4H3. The summed E-state index contributed by atoms with van der Waals surface area (Å²) in [6.45, 7) is 15.4. The number of ether oxygens (including phenoxy) is 4. The molecule has 1 aliphatic rings. The zero-order valence-corrected chi connectivity index (χ0v) is 22.4. The van der Waals surface area contributed by atoms with Gasteiger partial charge < -0.3 is 18.9 Å². The van der Waals surface area contributed by atoms with Crippen molar-refractivity contribution in [3.05, 3.63) is 0 Å². The average molecular weight is 517 g/mol. The van der Waals surface area contributed by atoms with Gasteiger partial charge in [-0.3, -0.25) is 38.8 Å². The predicted molar refractivity (Wildman–Crippen MR) is 132 cm³/mol. The normalized spacial score (nSPS) is 17.4. The molecule has 1 heterocycles. The zero-order chi connectivity index (χ0) is 26.8. The van der Waals surface area contributed by atoms with Crippen LogP contribution in [0.15, 0.2) is 0 Å². The third-order valence-corrected chi connectivity index (χ3v) is 5.78. The van der Waals surface area contributed by atoms with Crippen molar-refractivity contribution in [2.45, 2.75) is 27.7 Å². The van der Waals surface area contributed by atoms with Gasteiger partial charge in [0.25, 0.3) is 0 Å². The van der Waals surface area contributed by atoms with Gasteiger partial charge in [0.15, 0.2) is 0 Å². The van der Waals surface area contributed by atoms with Crippen molar-refractivity contribution in [3.8, 4) is 0 Å². The summed E-state index contributed by atoms with van der Waals surface area (Å²) in [5, 5.41) is 0. The molecule has 0 amide bonds. The highest BCUT2D eigenvalue weighted by Crippen LogP contribution is 2.02. The second-order valence-corrected chi connectivity index (χ2v) is 8.73. The topological polar surface area (TPSA) is 118 Å². The Morgan fingerprint density at radius 2 is 0.583 bits per heavy atom. The molecule has 1 aliphatic heterocycles. The minimum absolute atomic E-state index is 0.302. The molecule has 0 atom stereocenters. The fourth-order valence-corrected chi connectivity index (χ4v) is 3.75. The molecule has 12 nitrogen and oxygen atoms in total. The van der Waals surface area contributed by atoms with E-state index in [1.54, 1.807) is 0 Å². The SMILES string of the molecule is CC(=O)OCCN1CCN(CCOC(C)=O)CCN(CCOC(C)=O)CCN(CCOC(C)=O)CC1. The van der Waals surface area contributed by atoms with Gasteiger partial charge in [0.05, 0.1) is 0 Å². The first kappa shape index (κ1) is 31.7. The lowest BCUT2D eigenvalue weighted by Crippen LogP contribution is -2.48. The van der Waals surface area contributed by atoms with Crippen LogP contribution in [0.2, 0.25) is 0 Å². The molecule has 0 radical (unpaired) electrons. The Bertz CT molecular complexity index is 551. The third kappa shape index (κ3) is 17.2. The summed E-state index contributed by atoms with van der Waals surface area (Å²) >= 11 is 0. The van der Waals surface area contributed by atoms with Gasteiger partial charge in [0, 0.05) is 106 Å². The number of hydrogen-bond acceptors (Lipinski definition) is 12. The van der Waals surface area contributed by atoms with E-state index < -0.39 is 0 Å². The Morgan fingerprint density at radius 3 is 0.722 bits per heavy atom. The highest BCUT2D eigenvalue weighted by atomic mass is 16.5. The predicted octanol–water partition coefficient (Wildman–Crippen LogP) is -0.540. The van der Waals surface area contributed by atoms with Gasteiger partial charge in [-0.2, -0.15) is 0 Å². The van der Waals surface area contributed by atoms with E-state index in [0.29, 0.717) is 52.6 Å². The molecular weight excluding hydrogens is 472 g/mol. The second kappa shape index (κ2) is 18.9. The van der Waals surface area contributed by atoms with Crippen LogP contribution in [0.5, 0.6) is 0 Å². The molecule has 1 fully saturated rings. The van der Waals surface area contributed by atoms with E-state index in [1.165, 1.54) is 27.7 Å². The molecule has 1 saturated heterocycles. The minimum Gasteiger partial charge on any atom is -0.465 e. The Balaban J connectivity index is 2.87. The fraction of sp³-hybridized carbons (Fsp3) is 0.833. The van der Waals surface area contributed by atoms with Crippen LogP contribution in [0.4, 0.5) is 0 Å². The highest BCUT2D eigenvalue weighted by molar-refractivity contribution is 5.66. The number of rotatable bonds is 12. The molecule has 0 aromatic carbocycles. The summed E-state index contributed by atoms with van der Waals surface area (Å²) in [6, 6.07) is 0. The van der Waals surface area contributed by atoms with Crippen LogP contribution in [-0.4, -0.2) is 148 Å². The number of esters is 4. The van der Waals surface area contributed by atoms with Crippen molar-refractivity contribution >= 4 is 23.9 Å². The lowest BCUT2D eigenvalue weighted by atomic mass is 10.3. The number of carbonyl (C=O) groups excluding carboxylic acids is 4. The molecular formula is C24H44N4O8. The number of nitrogens with zero attached hydrogens (tertiary/aromatic N) is 4. The summed E-state index contributed by atoms with van der Waals surface area (Å²) in [5.41, 5.74) is 0. The van der Waals surface area contributed by atoms with Crippen molar-refractivity contribution in [1.29, 1.82) is 0 Å². The Hall–Kier alpha value is -2.28. The van der Waals surface area contributed by atoms with Gasteiger partial charge in [-0.05, 0) is 0 Å². The monoisotopic (exact) mass is 516 g/mol. The van der Waals surface area contributed by atoms with E-state index in [9.17, 15) is 19.2 Å². The highest BCUT2D eigenvalue weighted by Gasteiger charge is 2.17. The molecule has 0 aliphatic carbocycles. The van der Waals surface area contributed by atoms with E-state index in [-0.39, 0.29) is 23.9 Å². The number of carbonyl (C=O) groups is 4. The maximum atomic E-state index is 11.2. The van der Waals surface area contributed by atoms with E-state index in [2.05, 4.69) is 19.6 Å². The van der Waals surface area contributed by atoms with Gasteiger partial charge in [0.2, 0.25) is 0 Å². The molecule has 208 valence electrons. The quantitative estimate of drug-likeness (QED) is 0.245. The molecule has 0 bridgehead atoms. The van der Waals surface area contributed by atoms with Crippen LogP contribution in [-0.2, 0) is 38.1 Å². The van der Waals surface area contributed by atoms with Crippen molar-refractivity contribution in [3.63, 3.8) is 0 Å². The van der Waals surface area contributed by atoms with Crippen molar-refractivity contribution in [1.82, 2.24) is 19.6 Å². The van der Waals surface area contributed by atoms with Gasteiger partial charge >= 0.3 is 23.9 Å². The van der Waals surface area contributed by atoms with E-state index in [4.69, 9.17) is 18.9 Å². The first-order valence-electron chi connectivity index (χ1n) is 12.6. The van der Waals surface area contributed by atoms with Gasteiger partial charge in [-0.1, -0.05) is 0 Å². The Morgan fingerprint density at radius 1 is 0.417 bits per heavy atom. The third-order valence-electron chi connectivity index (χ3n) is 5.78. The van der Waals surface area contributed by atoms with Gasteiger partial charge in [-0.25, -0.2) is 0 Å². The Kier molecular flexibility index (Phi) is 16.7. The van der Waals surface area contributed by atoms with E-state index >= 15 is 0 Å². The molecule has 12 heteroatoms. The summed E-state index contributed by atoms with van der Waals surface area (Å²) in [7, 11) is 0. The van der Waals surface area contributed by atoms with Crippen LogP contribution in [0.1, 0.15) is 27.7 Å². The molecule has 0 unspecified atom stereocenters. The molecule has 1 rings (SSSR count). The van der Waals surface area contributed by atoms with Crippen LogP contribution in [0.3, 0.4) is 0 Å². The van der Waals surface area contributed by atoms with Crippen LogP contribution < -0.4 is 0 Å². The van der Waals surface area contributed by atoms with Crippen LogP contribution >= 0.6 is 0 Å². The van der Waals surface area contributed by atoms with Crippen molar-refractivity contribution in [2.75, 3.05) is 105 Å². The molecule has 0 aromatic heterocycles. The largest absolute Gasteiger partial charge is 0.465 e. The number of hydrogen-bond donors (Lipinski definition) is 0. The first-order valence-corrected chi connectivity index (χ1v) is 12.6. The van der Waals surface area contributed by atoms with Crippen LogP contribution in [0.25, 0.3) is 0 Å². The maximum Gasteiger partial charge on any atom is 0.302 e. The zero-order valence-electron chi connectivity index (χ0n) is 22.4. The minimum atomic E-state index is -0.302. The lowest BCUT2D eigenvalue weighted by molar-refractivity contribution is -0.142. The fourth-order valence-electron chi connectivity index (χ4n) is 3.75. The van der Waals surface area contributed by atoms with Crippen molar-refractivity contribution < 1.29 is 38.1 Å². The summed E-state index contributed by atoms with van der Waals surface area (Å²) in [4.78, 5) is 53.9. The lowest BCUT2D eigenvalue weighted by Gasteiger charge is -2.34. The summed E-state index contributed by atoms with van der Waals surface area (Å²) in [5.74, 6) is -1.21. The summed E-state index contributed by atoms with van der Waals surface area (Å²) < 4.78 is 20.6. The van der Waals surface area contributed by atoms with E-state index in [1.807, 2.05) is 0 Å². The molecule has 0 aromatic rings.